The number of hydrogen-bond acceptors (Lipinski definition) is 3. The van der Waals surface area contributed by atoms with E-state index in [-0.39, 0.29) is 24.1 Å². The average molecular weight is 536 g/mol. The predicted octanol–water partition coefficient (Wildman–Crippen LogP) is 6.27. The zero-order valence-electron chi connectivity index (χ0n) is 18.6. The molecule has 0 spiro atoms. The summed E-state index contributed by atoms with van der Waals surface area (Å²) in [4.78, 5) is 28.0. The minimum absolute atomic E-state index is 0.160. The van der Waals surface area contributed by atoms with E-state index < -0.39 is 6.04 Å². The fourth-order valence-corrected chi connectivity index (χ4v) is 5.16. The Balaban J connectivity index is 1.85. The zero-order valence-corrected chi connectivity index (χ0v) is 21.7. The van der Waals surface area contributed by atoms with Crippen LogP contribution in [0.1, 0.15) is 16.7 Å². The molecule has 2 amide bonds. The number of carbonyl (C=O) groups excluding carboxylic acids is 2. The lowest BCUT2D eigenvalue weighted by atomic mass is 10.0. The van der Waals surface area contributed by atoms with E-state index >= 15 is 0 Å². The maximum Gasteiger partial charge on any atom is 0.242 e. The molecule has 1 N–H and O–H groups in total. The first-order valence-electron chi connectivity index (χ1n) is 10.7. The number of hydrogen-bond donors (Lipinski definition) is 1. The van der Waals surface area contributed by atoms with Crippen molar-refractivity contribution >= 4 is 58.4 Å². The van der Waals surface area contributed by atoms with Crippen LogP contribution in [0, 0.1) is 0 Å². The van der Waals surface area contributed by atoms with Crippen LogP contribution in [-0.2, 0) is 28.3 Å². The monoisotopic (exact) mass is 534 g/mol. The molecule has 0 bridgehead atoms. The van der Waals surface area contributed by atoms with Crippen LogP contribution >= 0.6 is 46.6 Å². The summed E-state index contributed by atoms with van der Waals surface area (Å²) < 4.78 is 0. The van der Waals surface area contributed by atoms with Crippen LogP contribution in [-0.4, -0.2) is 35.6 Å². The minimum Gasteiger partial charge on any atom is -0.357 e. The molecular formula is C26H25Cl3N2O2S. The van der Waals surface area contributed by atoms with E-state index in [2.05, 4.69) is 5.32 Å². The number of benzene rings is 3. The highest BCUT2D eigenvalue weighted by Crippen LogP contribution is 2.25. The number of nitrogens with zero attached hydrogens (tertiary/aromatic N) is 1. The summed E-state index contributed by atoms with van der Waals surface area (Å²) in [6, 6.07) is 21.6. The second kappa shape index (κ2) is 13.1. The van der Waals surface area contributed by atoms with E-state index in [0.29, 0.717) is 27.2 Å². The van der Waals surface area contributed by atoms with Crippen LogP contribution in [0.15, 0.2) is 72.8 Å². The molecule has 0 radical (unpaired) electrons. The molecule has 0 aliphatic carbocycles. The number of amides is 2. The number of rotatable bonds is 10. The molecule has 3 rings (SSSR count). The van der Waals surface area contributed by atoms with Crippen molar-refractivity contribution in [3.63, 3.8) is 0 Å². The van der Waals surface area contributed by atoms with Crippen molar-refractivity contribution in [2.45, 2.75) is 24.8 Å². The molecule has 34 heavy (non-hydrogen) atoms. The minimum atomic E-state index is -0.701. The van der Waals surface area contributed by atoms with Crippen LogP contribution in [0.2, 0.25) is 15.1 Å². The molecule has 8 heteroatoms. The molecule has 3 aromatic carbocycles. The van der Waals surface area contributed by atoms with Gasteiger partial charge in [0.25, 0.3) is 0 Å². The van der Waals surface area contributed by atoms with Gasteiger partial charge in [-0.05, 0) is 34.9 Å². The highest BCUT2D eigenvalue weighted by Gasteiger charge is 2.30. The first-order chi connectivity index (χ1) is 16.4. The Kier molecular flexibility index (Phi) is 10.1. The Morgan fingerprint density at radius 3 is 2.29 bits per heavy atom. The van der Waals surface area contributed by atoms with Crippen LogP contribution in [0.4, 0.5) is 0 Å². The summed E-state index contributed by atoms with van der Waals surface area (Å²) in [5, 5.41) is 4.33. The van der Waals surface area contributed by atoms with Crippen molar-refractivity contribution in [2.75, 3.05) is 12.8 Å². The summed E-state index contributed by atoms with van der Waals surface area (Å²) in [5.74, 6) is 0.384. The topological polar surface area (TPSA) is 49.4 Å². The highest BCUT2D eigenvalue weighted by atomic mass is 35.5. The van der Waals surface area contributed by atoms with Gasteiger partial charge in [0.05, 0.1) is 5.75 Å². The van der Waals surface area contributed by atoms with E-state index in [9.17, 15) is 9.59 Å². The summed E-state index contributed by atoms with van der Waals surface area (Å²) in [7, 11) is 1.57. The summed E-state index contributed by atoms with van der Waals surface area (Å²) in [6.45, 7) is 0.187. The summed E-state index contributed by atoms with van der Waals surface area (Å²) in [5.41, 5.74) is 2.64. The molecular weight excluding hydrogens is 511 g/mol. The molecule has 178 valence electrons. The lowest BCUT2D eigenvalue weighted by molar-refractivity contribution is -0.139. The SMILES string of the molecule is CNC(=O)[C@@H](Cc1ccccc1)N(Cc1ccc(Cl)cc1Cl)C(=O)CSCc1ccccc1Cl. The summed E-state index contributed by atoms with van der Waals surface area (Å²) >= 11 is 20.2. The van der Waals surface area contributed by atoms with Crippen molar-refractivity contribution in [1.29, 1.82) is 0 Å². The molecule has 1 atom stereocenters. The van der Waals surface area contributed by atoms with E-state index in [1.54, 1.807) is 30.1 Å². The third-order valence-corrected chi connectivity index (χ3v) is 7.24. The number of likely N-dealkylation sites (N-methyl/N-ethyl adjacent to an activating group) is 1. The quantitative estimate of drug-likeness (QED) is 0.333. The molecule has 0 aliphatic rings. The average Bonchev–Trinajstić information content (AvgIpc) is 2.83. The third-order valence-electron chi connectivity index (χ3n) is 5.31. The number of nitrogens with one attached hydrogen (secondary N) is 1. The van der Waals surface area contributed by atoms with Crippen molar-refractivity contribution in [3.8, 4) is 0 Å². The molecule has 4 nitrogen and oxygen atoms in total. The van der Waals surface area contributed by atoms with E-state index in [0.717, 1.165) is 16.7 Å². The Bertz CT molecular complexity index is 1130. The normalized spacial score (nSPS) is 11.6. The van der Waals surface area contributed by atoms with E-state index in [1.165, 1.54) is 11.8 Å². The smallest absolute Gasteiger partial charge is 0.242 e. The standard InChI is InChI=1S/C26H25Cl3N2O2S/c1-30-26(33)24(13-18-7-3-2-4-8-18)31(15-19-11-12-21(27)14-23(19)29)25(32)17-34-16-20-9-5-6-10-22(20)28/h2-12,14,24H,13,15-17H2,1H3,(H,30,33)/t24-/m1/s1. The fraction of sp³-hybridized carbons (Fsp3) is 0.231. The van der Waals surface area contributed by atoms with Crippen LogP contribution in [0.25, 0.3) is 0 Å². The van der Waals surface area contributed by atoms with Crippen LogP contribution in [0.5, 0.6) is 0 Å². The second-order valence-electron chi connectivity index (χ2n) is 7.66. The van der Waals surface area contributed by atoms with Gasteiger partial charge in [-0.1, -0.05) is 89.4 Å². The van der Waals surface area contributed by atoms with Crippen molar-refractivity contribution in [3.05, 3.63) is 105 Å². The summed E-state index contributed by atoms with van der Waals surface area (Å²) in [6.07, 6.45) is 0.382. The van der Waals surface area contributed by atoms with Crippen LogP contribution in [0.3, 0.4) is 0 Å². The zero-order chi connectivity index (χ0) is 24.5. The first kappa shape index (κ1) is 26.4. The molecule has 0 unspecified atom stereocenters. The van der Waals surface area contributed by atoms with Crippen molar-refractivity contribution in [1.82, 2.24) is 10.2 Å². The van der Waals surface area contributed by atoms with Gasteiger partial charge in [-0.3, -0.25) is 9.59 Å². The molecule has 0 saturated heterocycles. The Morgan fingerprint density at radius 2 is 1.62 bits per heavy atom. The number of thioether (sulfide) groups is 1. The molecule has 0 fully saturated rings. The molecule has 0 aliphatic heterocycles. The third kappa shape index (κ3) is 7.41. The van der Waals surface area contributed by atoms with Gasteiger partial charge >= 0.3 is 0 Å². The van der Waals surface area contributed by atoms with Gasteiger partial charge in [0.15, 0.2) is 0 Å². The first-order valence-corrected chi connectivity index (χ1v) is 13.0. The van der Waals surface area contributed by atoms with Crippen molar-refractivity contribution in [2.24, 2.45) is 0 Å². The van der Waals surface area contributed by atoms with Gasteiger partial charge in [-0.15, -0.1) is 11.8 Å². The molecule has 0 aromatic heterocycles. The van der Waals surface area contributed by atoms with Gasteiger partial charge in [0, 0.05) is 40.8 Å². The maximum absolute atomic E-state index is 13.5. The van der Waals surface area contributed by atoms with Gasteiger partial charge in [-0.25, -0.2) is 0 Å². The lowest BCUT2D eigenvalue weighted by Gasteiger charge is -2.31. The van der Waals surface area contributed by atoms with Gasteiger partial charge in [-0.2, -0.15) is 0 Å². The van der Waals surface area contributed by atoms with Crippen LogP contribution < -0.4 is 5.32 Å². The maximum atomic E-state index is 13.5. The Labute approximate surface area is 219 Å². The Hall–Kier alpha value is -2.18. The lowest BCUT2D eigenvalue weighted by Crippen LogP contribution is -2.50. The molecule has 0 heterocycles. The van der Waals surface area contributed by atoms with E-state index in [4.69, 9.17) is 34.8 Å². The molecule has 0 saturated carbocycles. The second-order valence-corrected chi connectivity index (χ2v) is 9.90. The molecule has 3 aromatic rings. The predicted molar refractivity (Wildman–Crippen MR) is 143 cm³/mol. The highest BCUT2D eigenvalue weighted by molar-refractivity contribution is 7.99. The fourth-order valence-electron chi connectivity index (χ4n) is 3.50. The van der Waals surface area contributed by atoms with E-state index in [1.807, 2.05) is 54.6 Å². The van der Waals surface area contributed by atoms with Gasteiger partial charge < -0.3 is 10.2 Å². The van der Waals surface area contributed by atoms with Gasteiger partial charge in [0.1, 0.15) is 6.04 Å². The number of halogens is 3. The van der Waals surface area contributed by atoms with Crippen molar-refractivity contribution < 1.29 is 9.59 Å². The van der Waals surface area contributed by atoms with Gasteiger partial charge in [0.2, 0.25) is 11.8 Å². The largest absolute Gasteiger partial charge is 0.357 e. The Morgan fingerprint density at radius 1 is 0.912 bits per heavy atom. The number of carbonyl (C=O) groups is 2.